The van der Waals surface area contributed by atoms with Gasteiger partial charge in [0.2, 0.25) is 10.0 Å². The third kappa shape index (κ3) is 4.43. The predicted molar refractivity (Wildman–Crippen MR) is 93.3 cm³/mol. The Kier molecular flexibility index (Phi) is 6.38. The summed E-state index contributed by atoms with van der Waals surface area (Å²) in [6, 6.07) is 3.52. The standard InChI is InChI=1S/C16H28N4O2S/c1-4-8-19(9-5-2)16-7-6-15(14-17-16)23(21,22)20-12-10-18(3)11-13-20/h6-7,14H,4-5,8-13H2,1-3H3. The van der Waals surface area contributed by atoms with Gasteiger partial charge in [0.05, 0.1) is 0 Å². The highest BCUT2D eigenvalue weighted by atomic mass is 32.2. The second kappa shape index (κ2) is 8.08. The van der Waals surface area contributed by atoms with E-state index in [-0.39, 0.29) is 0 Å². The molecule has 0 aliphatic carbocycles. The lowest BCUT2D eigenvalue weighted by atomic mass is 10.3. The number of hydrogen-bond acceptors (Lipinski definition) is 5. The molecule has 0 unspecified atom stereocenters. The van der Waals surface area contributed by atoms with Crippen molar-refractivity contribution in [2.75, 3.05) is 51.2 Å². The first-order valence-electron chi connectivity index (χ1n) is 8.38. The van der Waals surface area contributed by atoms with Crippen LogP contribution in [0.15, 0.2) is 23.2 Å². The van der Waals surface area contributed by atoms with E-state index in [2.05, 4.69) is 28.6 Å². The number of hydrogen-bond donors (Lipinski definition) is 0. The lowest BCUT2D eigenvalue weighted by molar-refractivity contribution is 0.222. The molecule has 0 amide bonds. The van der Waals surface area contributed by atoms with Crippen LogP contribution in [-0.4, -0.2) is 68.9 Å². The summed E-state index contributed by atoms with van der Waals surface area (Å²) in [6.07, 6.45) is 3.59. The molecule has 0 aromatic carbocycles. The van der Waals surface area contributed by atoms with Crippen LogP contribution >= 0.6 is 0 Å². The molecule has 23 heavy (non-hydrogen) atoms. The minimum Gasteiger partial charge on any atom is -0.357 e. The van der Waals surface area contributed by atoms with E-state index in [1.807, 2.05) is 13.1 Å². The number of nitrogens with zero attached hydrogens (tertiary/aromatic N) is 4. The van der Waals surface area contributed by atoms with Crippen LogP contribution in [0.3, 0.4) is 0 Å². The van der Waals surface area contributed by atoms with Gasteiger partial charge in [-0.2, -0.15) is 4.31 Å². The highest BCUT2D eigenvalue weighted by Crippen LogP contribution is 2.19. The van der Waals surface area contributed by atoms with Gasteiger partial charge in [-0.15, -0.1) is 0 Å². The van der Waals surface area contributed by atoms with Crippen molar-refractivity contribution < 1.29 is 8.42 Å². The van der Waals surface area contributed by atoms with Gasteiger partial charge in [0.15, 0.2) is 0 Å². The smallest absolute Gasteiger partial charge is 0.244 e. The molecular formula is C16H28N4O2S. The molecule has 1 saturated heterocycles. The Morgan fingerprint density at radius 2 is 1.70 bits per heavy atom. The molecule has 1 aromatic rings. The summed E-state index contributed by atoms with van der Waals surface area (Å²) < 4.78 is 26.9. The first-order valence-corrected chi connectivity index (χ1v) is 9.82. The molecule has 2 rings (SSSR count). The summed E-state index contributed by atoms with van der Waals surface area (Å²) in [5, 5.41) is 0. The number of pyridine rings is 1. The Morgan fingerprint density at radius 1 is 1.09 bits per heavy atom. The van der Waals surface area contributed by atoms with E-state index in [0.29, 0.717) is 18.0 Å². The zero-order valence-corrected chi connectivity index (χ0v) is 15.2. The second-order valence-electron chi connectivity index (χ2n) is 6.05. The Morgan fingerprint density at radius 3 is 2.17 bits per heavy atom. The molecule has 1 fully saturated rings. The summed E-state index contributed by atoms with van der Waals surface area (Å²) in [5.74, 6) is 0.853. The van der Waals surface area contributed by atoms with Gasteiger partial charge in [-0.25, -0.2) is 13.4 Å². The third-order valence-electron chi connectivity index (χ3n) is 4.13. The van der Waals surface area contributed by atoms with Crippen molar-refractivity contribution in [2.45, 2.75) is 31.6 Å². The lowest BCUT2D eigenvalue weighted by Gasteiger charge is -2.31. The minimum atomic E-state index is -3.43. The maximum Gasteiger partial charge on any atom is 0.244 e. The van der Waals surface area contributed by atoms with Crippen LogP contribution < -0.4 is 4.90 Å². The monoisotopic (exact) mass is 340 g/mol. The number of aromatic nitrogens is 1. The Hall–Kier alpha value is -1.18. The average molecular weight is 340 g/mol. The molecule has 6 nitrogen and oxygen atoms in total. The zero-order valence-electron chi connectivity index (χ0n) is 14.4. The maximum absolute atomic E-state index is 12.7. The first kappa shape index (κ1) is 18.2. The Labute approximate surface area is 140 Å². The fourth-order valence-electron chi connectivity index (χ4n) is 2.77. The zero-order chi connectivity index (χ0) is 16.9. The first-order chi connectivity index (χ1) is 11.0. The quantitative estimate of drug-likeness (QED) is 0.755. The summed E-state index contributed by atoms with van der Waals surface area (Å²) >= 11 is 0. The fourth-order valence-corrected chi connectivity index (χ4v) is 4.14. The molecule has 1 aromatic heterocycles. The summed E-state index contributed by atoms with van der Waals surface area (Å²) in [4.78, 5) is 9.03. The number of anilines is 1. The molecule has 0 bridgehead atoms. The Bertz CT molecular complexity index is 575. The van der Waals surface area contributed by atoms with E-state index in [1.54, 1.807) is 10.4 Å². The van der Waals surface area contributed by atoms with Crippen molar-refractivity contribution in [3.63, 3.8) is 0 Å². The average Bonchev–Trinajstić information content (AvgIpc) is 2.55. The van der Waals surface area contributed by atoms with Crippen molar-refractivity contribution in [3.05, 3.63) is 18.3 Å². The fraction of sp³-hybridized carbons (Fsp3) is 0.688. The topological polar surface area (TPSA) is 56.8 Å². The van der Waals surface area contributed by atoms with Gasteiger partial charge in [0.1, 0.15) is 10.7 Å². The summed E-state index contributed by atoms with van der Waals surface area (Å²) in [7, 11) is -1.42. The molecule has 0 spiro atoms. The van der Waals surface area contributed by atoms with Gasteiger partial charge in [0.25, 0.3) is 0 Å². The highest BCUT2D eigenvalue weighted by Gasteiger charge is 2.27. The maximum atomic E-state index is 12.7. The lowest BCUT2D eigenvalue weighted by Crippen LogP contribution is -2.47. The SMILES string of the molecule is CCCN(CCC)c1ccc(S(=O)(=O)N2CCN(C)CC2)cn1. The number of likely N-dealkylation sites (N-methyl/N-ethyl adjacent to an activating group) is 1. The van der Waals surface area contributed by atoms with E-state index >= 15 is 0 Å². The molecule has 0 saturated carbocycles. The van der Waals surface area contributed by atoms with Crippen molar-refractivity contribution >= 4 is 15.8 Å². The van der Waals surface area contributed by atoms with Crippen LogP contribution in [0.25, 0.3) is 0 Å². The summed E-state index contributed by atoms with van der Waals surface area (Å²) in [6.45, 7) is 8.76. The predicted octanol–water partition coefficient (Wildman–Crippen LogP) is 1.64. The molecule has 0 atom stereocenters. The van der Waals surface area contributed by atoms with Gasteiger partial charge in [-0.3, -0.25) is 0 Å². The van der Waals surface area contributed by atoms with Gasteiger partial charge in [-0.05, 0) is 32.0 Å². The molecule has 7 heteroatoms. The van der Waals surface area contributed by atoms with Gasteiger partial charge < -0.3 is 9.80 Å². The van der Waals surface area contributed by atoms with Crippen LogP contribution in [0.5, 0.6) is 0 Å². The van der Waals surface area contributed by atoms with E-state index in [9.17, 15) is 8.42 Å². The van der Waals surface area contributed by atoms with E-state index in [4.69, 9.17) is 0 Å². The summed E-state index contributed by atoms with van der Waals surface area (Å²) in [5.41, 5.74) is 0. The third-order valence-corrected chi connectivity index (χ3v) is 6.01. The van der Waals surface area contributed by atoms with Crippen LogP contribution in [0.1, 0.15) is 26.7 Å². The number of sulfonamides is 1. The molecule has 130 valence electrons. The van der Waals surface area contributed by atoms with Crippen LogP contribution in [0.2, 0.25) is 0 Å². The van der Waals surface area contributed by atoms with E-state index in [0.717, 1.165) is 44.8 Å². The molecule has 0 N–H and O–H groups in total. The molecule has 0 radical (unpaired) electrons. The van der Waals surface area contributed by atoms with Crippen molar-refractivity contribution in [3.8, 4) is 0 Å². The van der Waals surface area contributed by atoms with Gasteiger partial charge in [0, 0.05) is 45.5 Å². The molecule has 1 aliphatic heterocycles. The molecule has 2 heterocycles. The minimum absolute atomic E-state index is 0.291. The van der Waals surface area contributed by atoms with Crippen LogP contribution in [0, 0.1) is 0 Å². The largest absolute Gasteiger partial charge is 0.357 e. The molecular weight excluding hydrogens is 312 g/mol. The van der Waals surface area contributed by atoms with Crippen LogP contribution in [-0.2, 0) is 10.0 Å². The Balaban J connectivity index is 2.14. The second-order valence-corrected chi connectivity index (χ2v) is 7.98. The molecule has 1 aliphatic rings. The van der Waals surface area contributed by atoms with Gasteiger partial charge in [-0.1, -0.05) is 13.8 Å². The van der Waals surface area contributed by atoms with Crippen molar-refractivity contribution in [1.82, 2.24) is 14.2 Å². The normalized spacial score (nSPS) is 17.3. The van der Waals surface area contributed by atoms with Gasteiger partial charge >= 0.3 is 0 Å². The van der Waals surface area contributed by atoms with E-state index in [1.165, 1.54) is 6.20 Å². The van der Waals surface area contributed by atoms with Crippen LogP contribution in [0.4, 0.5) is 5.82 Å². The van der Waals surface area contributed by atoms with E-state index < -0.39 is 10.0 Å². The number of piperazine rings is 1. The number of rotatable bonds is 7. The van der Waals surface area contributed by atoms with Crippen molar-refractivity contribution in [2.24, 2.45) is 0 Å². The van der Waals surface area contributed by atoms with Crippen molar-refractivity contribution in [1.29, 1.82) is 0 Å². The highest BCUT2D eigenvalue weighted by molar-refractivity contribution is 7.89.